The number of rotatable bonds is 2. The molecule has 0 saturated carbocycles. The van der Waals surface area contributed by atoms with Crippen molar-refractivity contribution < 1.29 is 24.2 Å². The molecule has 0 spiro atoms. The van der Waals surface area contributed by atoms with Crippen LogP contribution in [-0.2, 0) is 9.53 Å². The lowest BCUT2D eigenvalue weighted by Crippen LogP contribution is -2.33. The summed E-state index contributed by atoms with van der Waals surface area (Å²) in [6, 6.07) is 9.84. The highest BCUT2D eigenvalue weighted by Crippen LogP contribution is 2.36. The molecule has 3 amide bonds. The second kappa shape index (κ2) is 7.13. The predicted octanol–water partition coefficient (Wildman–Crippen LogP) is 2.17. The van der Waals surface area contributed by atoms with Gasteiger partial charge in [0.25, 0.3) is 5.91 Å². The second-order valence-corrected chi connectivity index (χ2v) is 5.98. The summed E-state index contributed by atoms with van der Waals surface area (Å²) in [4.78, 5) is 40.2. The van der Waals surface area contributed by atoms with Crippen LogP contribution in [0.5, 0.6) is 0 Å². The van der Waals surface area contributed by atoms with Crippen LogP contribution in [0.2, 0.25) is 0 Å². The van der Waals surface area contributed by atoms with E-state index in [0.29, 0.717) is 35.0 Å². The summed E-state index contributed by atoms with van der Waals surface area (Å²) < 4.78 is 4.82. The van der Waals surface area contributed by atoms with Crippen molar-refractivity contribution in [3.63, 3.8) is 0 Å². The number of esters is 1. The third kappa shape index (κ3) is 2.61. The molecular formula is C19H20N2O5. The number of methoxy groups -OCH3 is 1. The maximum absolute atomic E-state index is 12.7. The van der Waals surface area contributed by atoms with Crippen LogP contribution in [0.25, 0.3) is 10.8 Å². The molecular weight excluding hydrogens is 336 g/mol. The van der Waals surface area contributed by atoms with E-state index in [2.05, 4.69) is 0 Å². The van der Waals surface area contributed by atoms with Gasteiger partial charge in [0.1, 0.15) is 6.04 Å². The number of anilines is 1. The Bertz CT molecular complexity index is 857. The number of hydrogen-bond acceptors (Lipinski definition) is 5. The largest absolute Gasteiger partial charge is 0.465 e. The van der Waals surface area contributed by atoms with E-state index in [-0.39, 0.29) is 18.0 Å². The van der Waals surface area contributed by atoms with Crippen LogP contribution in [0.3, 0.4) is 0 Å². The summed E-state index contributed by atoms with van der Waals surface area (Å²) in [7, 11) is 2.33. The molecule has 2 aliphatic heterocycles. The molecule has 0 unspecified atom stereocenters. The van der Waals surface area contributed by atoms with Crippen molar-refractivity contribution in [2.45, 2.75) is 18.9 Å². The number of benzene rings is 2. The fourth-order valence-corrected chi connectivity index (χ4v) is 3.61. The second-order valence-electron chi connectivity index (χ2n) is 5.98. The fourth-order valence-electron chi connectivity index (χ4n) is 3.61. The van der Waals surface area contributed by atoms with Crippen LogP contribution >= 0.6 is 0 Å². The van der Waals surface area contributed by atoms with Gasteiger partial charge < -0.3 is 14.7 Å². The van der Waals surface area contributed by atoms with Crippen LogP contribution in [0.15, 0.2) is 36.4 Å². The fraction of sp³-hybridized carbons (Fsp3) is 0.316. The number of carbonyl (C=O) groups excluding carboxylic acids is 3. The molecule has 2 aliphatic rings. The van der Waals surface area contributed by atoms with E-state index in [4.69, 9.17) is 9.84 Å². The van der Waals surface area contributed by atoms with E-state index in [0.717, 1.165) is 13.5 Å². The average molecular weight is 356 g/mol. The van der Waals surface area contributed by atoms with E-state index in [1.807, 2.05) is 12.1 Å². The van der Waals surface area contributed by atoms with Crippen molar-refractivity contribution in [2.24, 2.45) is 0 Å². The van der Waals surface area contributed by atoms with Crippen LogP contribution in [-0.4, -0.2) is 54.7 Å². The number of amides is 3. The summed E-state index contributed by atoms with van der Waals surface area (Å²) in [6.45, 7) is 0.615. The topological polar surface area (TPSA) is 87.2 Å². The molecule has 1 atom stereocenters. The van der Waals surface area contributed by atoms with Gasteiger partial charge in [-0.05, 0) is 30.4 Å². The smallest absolute Gasteiger partial charge is 0.338 e. The van der Waals surface area contributed by atoms with Gasteiger partial charge in [-0.2, -0.15) is 0 Å². The Morgan fingerprint density at radius 3 is 2.46 bits per heavy atom. The van der Waals surface area contributed by atoms with E-state index in [1.165, 1.54) is 12.0 Å². The van der Waals surface area contributed by atoms with Crippen LogP contribution in [0.1, 0.15) is 23.2 Å². The Balaban J connectivity index is 0.000000948. The maximum Gasteiger partial charge on any atom is 0.338 e. The lowest BCUT2D eigenvalue weighted by molar-refractivity contribution is -0.119. The molecule has 2 saturated heterocycles. The first kappa shape index (κ1) is 17.9. The lowest BCUT2D eigenvalue weighted by Gasteiger charge is -2.18. The summed E-state index contributed by atoms with van der Waals surface area (Å²) in [5.41, 5.74) is 0.930. The van der Waals surface area contributed by atoms with Gasteiger partial charge in [-0.15, -0.1) is 0 Å². The van der Waals surface area contributed by atoms with Gasteiger partial charge in [-0.1, -0.05) is 24.3 Å². The van der Waals surface area contributed by atoms with E-state index in [9.17, 15) is 14.4 Å². The first-order valence-electron chi connectivity index (χ1n) is 8.33. The van der Waals surface area contributed by atoms with Gasteiger partial charge in [0.2, 0.25) is 0 Å². The number of hydrogen-bond donors (Lipinski definition) is 1. The number of ether oxygens (including phenoxy) is 1. The Hall–Kier alpha value is -2.93. The van der Waals surface area contributed by atoms with Crippen molar-refractivity contribution in [1.82, 2.24) is 4.90 Å². The highest BCUT2D eigenvalue weighted by atomic mass is 16.5. The predicted molar refractivity (Wildman–Crippen MR) is 96.0 cm³/mol. The molecule has 136 valence electrons. The van der Waals surface area contributed by atoms with E-state index < -0.39 is 5.97 Å². The molecule has 2 fully saturated rings. The first-order valence-corrected chi connectivity index (χ1v) is 8.33. The van der Waals surface area contributed by atoms with Gasteiger partial charge in [-0.3, -0.25) is 4.79 Å². The van der Waals surface area contributed by atoms with Crippen molar-refractivity contribution in [2.75, 3.05) is 25.7 Å². The Morgan fingerprint density at radius 2 is 1.81 bits per heavy atom. The summed E-state index contributed by atoms with van der Waals surface area (Å²) >= 11 is 0. The molecule has 4 rings (SSSR count). The summed E-state index contributed by atoms with van der Waals surface area (Å²) in [5.74, 6) is -0.633. The van der Waals surface area contributed by atoms with Crippen molar-refractivity contribution in [3.8, 4) is 0 Å². The van der Waals surface area contributed by atoms with Gasteiger partial charge >= 0.3 is 12.0 Å². The number of carbonyl (C=O) groups is 3. The minimum Gasteiger partial charge on any atom is -0.465 e. The van der Waals surface area contributed by atoms with Crippen molar-refractivity contribution in [3.05, 3.63) is 42.0 Å². The molecule has 2 heterocycles. The Kier molecular flexibility index (Phi) is 4.90. The number of fused-ring (bicyclic) bond motifs is 2. The molecule has 0 bridgehead atoms. The zero-order valence-electron chi connectivity index (χ0n) is 14.6. The van der Waals surface area contributed by atoms with Crippen molar-refractivity contribution >= 4 is 34.4 Å². The molecule has 0 radical (unpaired) electrons. The first-order chi connectivity index (χ1) is 12.6. The molecule has 7 heteroatoms. The van der Waals surface area contributed by atoms with Crippen LogP contribution < -0.4 is 4.90 Å². The minimum absolute atomic E-state index is 0.187. The number of nitrogens with zero attached hydrogens (tertiary/aromatic N) is 2. The molecule has 0 aliphatic carbocycles. The minimum atomic E-state index is -0.447. The number of imide groups is 1. The molecule has 2 aromatic carbocycles. The number of aliphatic hydroxyl groups is 1. The maximum atomic E-state index is 12.7. The molecule has 26 heavy (non-hydrogen) atoms. The van der Waals surface area contributed by atoms with Gasteiger partial charge in [0.05, 0.1) is 18.4 Å². The molecule has 7 nitrogen and oxygen atoms in total. The van der Waals surface area contributed by atoms with Crippen LogP contribution in [0.4, 0.5) is 10.5 Å². The molecule has 1 N–H and O–H groups in total. The third-order valence-electron chi connectivity index (χ3n) is 4.74. The third-order valence-corrected chi connectivity index (χ3v) is 4.74. The highest BCUT2D eigenvalue weighted by Gasteiger charge is 2.48. The molecule has 2 aromatic rings. The summed E-state index contributed by atoms with van der Waals surface area (Å²) in [5, 5.41) is 8.35. The lowest BCUT2D eigenvalue weighted by atomic mass is 10.0. The van der Waals surface area contributed by atoms with Gasteiger partial charge in [-0.25, -0.2) is 14.5 Å². The van der Waals surface area contributed by atoms with Gasteiger partial charge in [0, 0.05) is 19.0 Å². The highest BCUT2D eigenvalue weighted by molar-refractivity contribution is 6.25. The Labute approximate surface area is 150 Å². The standard InChI is InChI=1S/C18H16N2O4.CH4O/c1-24-17(22)13-8-9-14(12-6-3-2-5-11(12)13)20-16(21)15-7-4-10-19(15)18(20)23;1-2/h2-3,5-6,8-9,15H,4,7,10H2,1H3;2H,1H3/t15-;/m1./s1. The van der Waals surface area contributed by atoms with E-state index in [1.54, 1.807) is 29.2 Å². The average Bonchev–Trinajstić information content (AvgIpc) is 3.26. The Morgan fingerprint density at radius 1 is 1.12 bits per heavy atom. The van der Waals surface area contributed by atoms with Crippen molar-refractivity contribution in [1.29, 1.82) is 0 Å². The quantitative estimate of drug-likeness (QED) is 0.658. The zero-order valence-corrected chi connectivity index (χ0v) is 14.6. The molecule has 0 aromatic heterocycles. The van der Waals surface area contributed by atoms with Gasteiger partial charge in [0.15, 0.2) is 0 Å². The number of aliphatic hydroxyl groups excluding tert-OH is 1. The number of urea groups is 1. The monoisotopic (exact) mass is 356 g/mol. The van der Waals surface area contributed by atoms with E-state index >= 15 is 0 Å². The zero-order chi connectivity index (χ0) is 18.8. The summed E-state index contributed by atoms with van der Waals surface area (Å²) in [6.07, 6.45) is 1.57. The van der Waals surface area contributed by atoms with Crippen LogP contribution in [0, 0.1) is 0 Å². The SMILES string of the molecule is CO.COC(=O)c1ccc(N2C(=O)[C@H]3CCCN3C2=O)c2ccccc12. The normalized spacial score (nSPS) is 18.7.